The molecule has 0 aliphatic heterocycles. The molecule has 0 atom stereocenters. The third-order valence-electron chi connectivity index (χ3n) is 2.57. The molecule has 0 saturated heterocycles. The molecule has 1 amide bonds. The lowest BCUT2D eigenvalue weighted by molar-refractivity contribution is 0.102. The molecule has 1 N–H and O–H groups in total. The molecular weight excluding hydrogens is 263 g/mol. The minimum Gasteiger partial charge on any atom is -0.497 e. The van der Waals surface area contributed by atoms with Crippen LogP contribution in [0, 0.1) is 5.95 Å². The summed E-state index contributed by atoms with van der Waals surface area (Å²) in [4.78, 5) is 15.6. The van der Waals surface area contributed by atoms with Crippen molar-refractivity contribution in [1.29, 1.82) is 0 Å². The molecule has 5 nitrogen and oxygen atoms in total. The fraction of sp³-hybridized carbons (Fsp3) is 0.143. The van der Waals surface area contributed by atoms with Crippen LogP contribution in [0.2, 0.25) is 0 Å². The Bertz CT molecular complexity index is 609. The van der Waals surface area contributed by atoms with Gasteiger partial charge in [0.2, 0.25) is 5.95 Å². The maximum atomic E-state index is 13.0. The highest BCUT2D eigenvalue weighted by Gasteiger charge is 2.11. The van der Waals surface area contributed by atoms with E-state index in [9.17, 15) is 9.18 Å². The van der Waals surface area contributed by atoms with Crippen molar-refractivity contribution in [2.75, 3.05) is 19.5 Å². The van der Waals surface area contributed by atoms with Gasteiger partial charge in [0, 0.05) is 11.6 Å². The van der Waals surface area contributed by atoms with E-state index in [4.69, 9.17) is 9.47 Å². The largest absolute Gasteiger partial charge is 0.497 e. The first-order chi connectivity index (χ1) is 9.62. The van der Waals surface area contributed by atoms with Gasteiger partial charge in [0.05, 0.1) is 14.2 Å². The third kappa shape index (κ3) is 3.23. The fourth-order valence-electron chi connectivity index (χ4n) is 1.60. The summed E-state index contributed by atoms with van der Waals surface area (Å²) in [6, 6.07) is 8.91. The van der Waals surface area contributed by atoms with Gasteiger partial charge < -0.3 is 14.8 Å². The second-order valence-corrected chi connectivity index (χ2v) is 3.90. The van der Waals surface area contributed by atoms with Gasteiger partial charge in [-0.1, -0.05) is 6.07 Å². The predicted molar refractivity (Wildman–Crippen MR) is 71.7 cm³/mol. The van der Waals surface area contributed by atoms with Gasteiger partial charge in [0.15, 0.2) is 0 Å². The summed E-state index contributed by atoms with van der Waals surface area (Å²) < 4.78 is 23.1. The summed E-state index contributed by atoms with van der Waals surface area (Å²) in [5.74, 6) is 0.0199. The van der Waals surface area contributed by atoms with Crippen molar-refractivity contribution < 1.29 is 18.7 Å². The van der Waals surface area contributed by atoms with Gasteiger partial charge in [-0.2, -0.15) is 4.39 Å². The average molecular weight is 276 g/mol. The van der Waals surface area contributed by atoms with Crippen molar-refractivity contribution in [2.24, 2.45) is 0 Å². The SMILES string of the molecule is COc1cc(OC)cc(C(=O)Nc2cccc(F)n2)c1. The Morgan fingerprint density at radius 1 is 1.15 bits per heavy atom. The van der Waals surface area contributed by atoms with E-state index in [0.717, 1.165) is 0 Å². The maximum Gasteiger partial charge on any atom is 0.257 e. The molecule has 0 saturated carbocycles. The Balaban J connectivity index is 2.24. The number of ether oxygens (including phenoxy) is 2. The zero-order valence-corrected chi connectivity index (χ0v) is 11.0. The van der Waals surface area contributed by atoms with E-state index in [2.05, 4.69) is 10.3 Å². The van der Waals surface area contributed by atoms with E-state index >= 15 is 0 Å². The number of nitrogens with zero attached hydrogens (tertiary/aromatic N) is 1. The maximum absolute atomic E-state index is 13.0. The highest BCUT2D eigenvalue weighted by Crippen LogP contribution is 2.23. The highest BCUT2D eigenvalue weighted by atomic mass is 19.1. The molecule has 2 rings (SSSR count). The van der Waals surface area contributed by atoms with Crippen LogP contribution in [0.4, 0.5) is 10.2 Å². The minimum atomic E-state index is -0.661. The zero-order valence-electron chi connectivity index (χ0n) is 11.0. The van der Waals surface area contributed by atoms with Gasteiger partial charge >= 0.3 is 0 Å². The van der Waals surface area contributed by atoms with E-state index in [0.29, 0.717) is 17.1 Å². The van der Waals surface area contributed by atoms with Gasteiger partial charge in [-0.05, 0) is 24.3 Å². The smallest absolute Gasteiger partial charge is 0.257 e. The number of carbonyl (C=O) groups excluding carboxylic acids is 1. The molecule has 1 aromatic heterocycles. The van der Waals surface area contributed by atoms with E-state index in [1.807, 2.05) is 0 Å². The molecule has 1 heterocycles. The van der Waals surface area contributed by atoms with Crippen LogP contribution in [0.1, 0.15) is 10.4 Å². The second-order valence-electron chi connectivity index (χ2n) is 3.90. The molecule has 0 spiro atoms. The molecule has 0 aliphatic carbocycles. The van der Waals surface area contributed by atoms with Crippen LogP contribution in [0.3, 0.4) is 0 Å². The third-order valence-corrected chi connectivity index (χ3v) is 2.57. The number of nitrogens with one attached hydrogen (secondary N) is 1. The summed E-state index contributed by atoms with van der Waals surface area (Å²) in [6.45, 7) is 0. The quantitative estimate of drug-likeness (QED) is 0.871. The molecule has 0 bridgehead atoms. The summed E-state index contributed by atoms with van der Waals surface area (Å²) in [6.07, 6.45) is 0. The summed E-state index contributed by atoms with van der Waals surface area (Å²) in [5.41, 5.74) is 0.326. The van der Waals surface area contributed by atoms with Gasteiger partial charge in [-0.15, -0.1) is 0 Å². The van der Waals surface area contributed by atoms with Gasteiger partial charge in [-0.3, -0.25) is 4.79 Å². The molecule has 0 fully saturated rings. The number of anilines is 1. The highest BCUT2D eigenvalue weighted by molar-refractivity contribution is 6.04. The van der Waals surface area contributed by atoms with Crippen molar-refractivity contribution in [2.45, 2.75) is 0 Å². The number of hydrogen-bond donors (Lipinski definition) is 1. The van der Waals surface area contributed by atoms with E-state index in [1.165, 1.54) is 32.4 Å². The van der Waals surface area contributed by atoms with Gasteiger partial charge in [0.1, 0.15) is 17.3 Å². The number of methoxy groups -OCH3 is 2. The first-order valence-electron chi connectivity index (χ1n) is 5.79. The molecule has 20 heavy (non-hydrogen) atoms. The van der Waals surface area contributed by atoms with Crippen LogP contribution >= 0.6 is 0 Å². The zero-order chi connectivity index (χ0) is 14.5. The molecular formula is C14H13FN2O3. The molecule has 0 unspecified atom stereocenters. The molecule has 1 aromatic carbocycles. The molecule has 0 radical (unpaired) electrons. The lowest BCUT2D eigenvalue weighted by atomic mass is 10.2. The van der Waals surface area contributed by atoms with E-state index < -0.39 is 11.9 Å². The minimum absolute atomic E-state index is 0.136. The second kappa shape index (κ2) is 6.01. The Kier molecular flexibility index (Phi) is 4.14. The molecule has 6 heteroatoms. The van der Waals surface area contributed by atoms with Crippen LogP contribution < -0.4 is 14.8 Å². The van der Waals surface area contributed by atoms with Crippen LogP contribution in [0.15, 0.2) is 36.4 Å². The van der Waals surface area contributed by atoms with Crippen LogP contribution in [-0.2, 0) is 0 Å². The predicted octanol–water partition coefficient (Wildman–Crippen LogP) is 2.49. The number of benzene rings is 1. The topological polar surface area (TPSA) is 60.5 Å². The number of rotatable bonds is 4. The normalized spacial score (nSPS) is 9.95. The summed E-state index contributed by atoms with van der Waals surface area (Å²) in [7, 11) is 2.98. The number of pyridine rings is 1. The molecule has 104 valence electrons. The number of halogens is 1. The molecule has 0 aliphatic rings. The monoisotopic (exact) mass is 276 g/mol. The Labute approximate surface area is 115 Å². The Morgan fingerprint density at radius 3 is 2.35 bits per heavy atom. The average Bonchev–Trinajstić information content (AvgIpc) is 2.46. The van der Waals surface area contributed by atoms with Crippen LogP contribution in [-0.4, -0.2) is 25.1 Å². The number of aromatic nitrogens is 1. The Hall–Kier alpha value is -2.63. The van der Waals surface area contributed by atoms with Crippen LogP contribution in [0.25, 0.3) is 0 Å². The van der Waals surface area contributed by atoms with Gasteiger partial charge in [0.25, 0.3) is 5.91 Å². The van der Waals surface area contributed by atoms with E-state index in [-0.39, 0.29) is 5.82 Å². The first-order valence-corrected chi connectivity index (χ1v) is 5.79. The Morgan fingerprint density at radius 2 is 1.80 bits per heavy atom. The van der Waals surface area contributed by atoms with E-state index in [1.54, 1.807) is 18.2 Å². The summed E-state index contributed by atoms with van der Waals surface area (Å²) >= 11 is 0. The standard InChI is InChI=1S/C14H13FN2O3/c1-19-10-6-9(7-11(8-10)20-2)14(18)17-13-5-3-4-12(15)16-13/h3-8H,1-2H3,(H,16,17,18). The lowest BCUT2D eigenvalue weighted by Crippen LogP contribution is -2.13. The van der Waals surface area contributed by atoms with Crippen molar-refractivity contribution >= 4 is 11.7 Å². The van der Waals surface area contributed by atoms with Gasteiger partial charge in [-0.25, -0.2) is 4.98 Å². The fourth-order valence-corrected chi connectivity index (χ4v) is 1.60. The van der Waals surface area contributed by atoms with Crippen molar-refractivity contribution in [3.8, 4) is 11.5 Å². The van der Waals surface area contributed by atoms with Crippen molar-refractivity contribution in [3.63, 3.8) is 0 Å². The number of carbonyl (C=O) groups is 1. The first kappa shape index (κ1) is 13.8. The van der Waals surface area contributed by atoms with Crippen LogP contribution in [0.5, 0.6) is 11.5 Å². The van der Waals surface area contributed by atoms with Crippen molar-refractivity contribution in [3.05, 3.63) is 47.9 Å². The van der Waals surface area contributed by atoms with Crippen molar-refractivity contribution in [1.82, 2.24) is 4.98 Å². The number of hydrogen-bond acceptors (Lipinski definition) is 4. The number of amides is 1. The molecule has 2 aromatic rings. The summed E-state index contributed by atoms with van der Waals surface area (Å²) in [5, 5.41) is 2.50. The lowest BCUT2D eigenvalue weighted by Gasteiger charge is -2.08.